The molecule has 0 heterocycles. The Morgan fingerprint density at radius 3 is 2.00 bits per heavy atom. The lowest BCUT2D eigenvalue weighted by atomic mass is 10.1. The number of carbonyl (C=O) groups excluding carboxylic acids is 2. The first-order valence-electron chi connectivity index (χ1n) is 8.36. The first-order chi connectivity index (χ1) is 13.6. The summed E-state index contributed by atoms with van der Waals surface area (Å²) in [5, 5.41) is 2.56. The van der Waals surface area contributed by atoms with E-state index in [1.165, 1.54) is 71.7 Å². The molecule has 9 nitrogen and oxygen atoms in total. The molecule has 0 atom stereocenters. The van der Waals surface area contributed by atoms with Crippen LogP contribution in [0.2, 0.25) is 0 Å². The summed E-state index contributed by atoms with van der Waals surface area (Å²) in [7, 11) is 1.27. The summed E-state index contributed by atoms with van der Waals surface area (Å²) in [5.74, 6) is -0.505. The number of hydrogen-bond acceptors (Lipinski definition) is 7. The molecule has 10 heteroatoms. The number of nitrogens with zero attached hydrogens (tertiary/aromatic N) is 1. The third-order valence-corrected chi connectivity index (χ3v) is 5.87. The Labute approximate surface area is 169 Å². The highest BCUT2D eigenvalue weighted by Crippen LogP contribution is 2.37. The van der Waals surface area contributed by atoms with Crippen LogP contribution in [-0.2, 0) is 19.6 Å². The summed E-state index contributed by atoms with van der Waals surface area (Å²) in [6, 6.07) is 8.39. The quantitative estimate of drug-likeness (QED) is 0.681. The van der Waals surface area contributed by atoms with Crippen LogP contribution < -0.4 is 19.1 Å². The Kier molecular flexibility index (Phi) is 6.70. The van der Waals surface area contributed by atoms with Crippen molar-refractivity contribution in [1.29, 1.82) is 0 Å². The lowest BCUT2D eigenvalue weighted by Gasteiger charge is -2.23. The molecule has 2 aromatic carbocycles. The van der Waals surface area contributed by atoms with Gasteiger partial charge in [0.2, 0.25) is 5.91 Å². The number of hydrogen-bond donors (Lipinski definition) is 1. The minimum Gasteiger partial charge on any atom is -0.493 e. The van der Waals surface area contributed by atoms with Crippen LogP contribution in [-0.4, -0.2) is 48.7 Å². The van der Waals surface area contributed by atoms with Gasteiger partial charge in [-0.1, -0.05) is 0 Å². The highest BCUT2D eigenvalue weighted by Gasteiger charge is 2.28. The van der Waals surface area contributed by atoms with Gasteiger partial charge in [-0.2, -0.15) is 0 Å². The summed E-state index contributed by atoms with van der Waals surface area (Å²) in [5.41, 5.74) is 0.506. The number of esters is 1. The van der Waals surface area contributed by atoms with E-state index < -0.39 is 16.0 Å². The van der Waals surface area contributed by atoms with Gasteiger partial charge in [-0.15, -0.1) is 0 Å². The zero-order valence-electron chi connectivity index (χ0n) is 16.7. The van der Waals surface area contributed by atoms with Gasteiger partial charge >= 0.3 is 5.97 Å². The SMILES string of the molecule is COC(=O)c1cc(OC)c(OC)cc1N(C)S(=O)(=O)c1ccc(NC(C)=O)cc1. The zero-order chi connectivity index (χ0) is 21.8. The minimum atomic E-state index is -4.03. The number of ether oxygens (including phenoxy) is 3. The smallest absolute Gasteiger partial charge is 0.340 e. The summed E-state index contributed by atoms with van der Waals surface area (Å²) < 4.78 is 42.3. The van der Waals surface area contributed by atoms with Crippen molar-refractivity contribution in [2.45, 2.75) is 11.8 Å². The number of anilines is 2. The van der Waals surface area contributed by atoms with Gasteiger partial charge in [-0.3, -0.25) is 9.10 Å². The number of sulfonamides is 1. The highest BCUT2D eigenvalue weighted by molar-refractivity contribution is 7.92. The molecule has 0 aliphatic heterocycles. The molecule has 0 spiro atoms. The van der Waals surface area contributed by atoms with Crippen molar-refractivity contribution < 1.29 is 32.2 Å². The first kappa shape index (κ1) is 22.0. The molecule has 1 amide bonds. The number of amides is 1. The minimum absolute atomic E-state index is 0.00825. The molecule has 0 saturated carbocycles. The summed E-state index contributed by atoms with van der Waals surface area (Å²) >= 11 is 0. The fourth-order valence-corrected chi connectivity index (χ4v) is 3.81. The van der Waals surface area contributed by atoms with Crippen LogP contribution in [0.5, 0.6) is 11.5 Å². The molecule has 0 radical (unpaired) electrons. The second-order valence-electron chi connectivity index (χ2n) is 5.89. The lowest BCUT2D eigenvalue weighted by Crippen LogP contribution is -2.28. The molecule has 156 valence electrons. The standard InChI is InChI=1S/C19H22N2O7S/c1-12(22)20-13-6-8-14(9-7-13)29(24,25)21(2)16-11-18(27-4)17(26-3)10-15(16)19(23)28-5/h6-11H,1-5H3,(H,20,22). The van der Waals surface area contributed by atoms with E-state index in [1.54, 1.807) is 0 Å². The predicted octanol–water partition coefficient (Wildman–Crippen LogP) is 2.27. The van der Waals surface area contributed by atoms with Crippen LogP contribution in [0, 0.1) is 0 Å². The van der Waals surface area contributed by atoms with Crippen LogP contribution in [0.4, 0.5) is 11.4 Å². The van der Waals surface area contributed by atoms with Crippen molar-refractivity contribution >= 4 is 33.3 Å². The third kappa shape index (κ3) is 4.60. The number of rotatable bonds is 7. The van der Waals surface area contributed by atoms with Gasteiger partial charge in [0.05, 0.1) is 37.5 Å². The van der Waals surface area contributed by atoms with Crippen molar-refractivity contribution in [2.24, 2.45) is 0 Å². The Bertz CT molecular complexity index is 1020. The molecule has 29 heavy (non-hydrogen) atoms. The summed E-state index contributed by atoms with van der Waals surface area (Å²) in [4.78, 5) is 23.3. The van der Waals surface area contributed by atoms with Crippen LogP contribution in [0.3, 0.4) is 0 Å². The van der Waals surface area contributed by atoms with E-state index in [4.69, 9.17) is 14.2 Å². The maximum Gasteiger partial charge on any atom is 0.340 e. The molecular weight excluding hydrogens is 400 g/mol. The van der Waals surface area contributed by atoms with E-state index in [0.29, 0.717) is 5.69 Å². The van der Waals surface area contributed by atoms with Crippen LogP contribution >= 0.6 is 0 Å². The number of nitrogens with one attached hydrogen (secondary N) is 1. The Morgan fingerprint density at radius 1 is 0.966 bits per heavy atom. The van der Waals surface area contributed by atoms with Gasteiger partial charge in [0.25, 0.3) is 10.0 Å². The Morgan fingerprint density at radius 2 is 1.52 bits per heavy atom. The summed E-state index contributed by atoms with van der Waals surface area (Å²) in [6.07, 6.45) is 0. The van der Waals surface area contributed by atoms with Crippen LogP contribution in [0.25, 0.3) is 0 Å². The molecule has 0 aromatic heterocycles. The fourth-order valence-electron chi connectivity index (χ4n) is 2.60. The largest absolute Gasteiger partial charge is 0.493 e. The number of carbonyl (C=O) groups is 2. The molecule has 1 N–H and O–H groups in total. The lowest BCUT2D eigenvalue weighted by molar-refractivity contribution is -0.114. The second kappa shape index (κ2) is 8.82. The molecule has 0 aliphatic rings. The Hall–Kier alpha value is -3.27. The maximum atomic E-state index is 13.1. The van der Waals surface area contributed by atoms with Gasteiger partial charge in [-0.05, 0) is 24.3 Å². The van der Waals surface area contributed by atoms with Crippen molar-refractivity contribution in [1.82, 2.24) is 0 Å². The average molecular weight is 422 g/mol. The molecule has 0 fully saturated rings. The van der Waals surface area contributed by atoms with Crippen LogP contribution in [0.1, 0.15) is 17.3 Å². The van der Waals surface area contributed by atoms with Gasteiger partial charge in [-0.25, -0.2) is 13.2 Å². The van der Waals surface area contributed by atoms with E-state index in [0.717, 1.165) is 4.31 Å². The molecule has 0 aliphatic carbocycles. The van der Waals surface area contributed by atoms with E-state index in [2.05, 4.69) is 5.32 Å². The van der Waals surface area contributed by atoms with E-state index in [1.807, 2.05) is 0 Å². The topological polar surface area (TPSA) is 111 Å². The first-order valence-corrected chi connectivity index (χ1v) is 9.80. The van der Waals surface area contributed by atoms with Gasteiger partial charge in [0.15, 0.2) is 11.5 Å². The van der Waals surface area contributed by atoms with Gasteiger partial charge < -0.3 is 19.5 Å². The molecule has 2 aromatic rings. The monoisotopic (exact) mass is 422 g/mol. The Balaban J connectivity index is 2.55. The average Bonchev–Trinajstić information content (AvgIpc) is 2.71. The molecular formula is C19H22N2O7S. The third-order valence-electron chi connectivity index (χ3n) is 4.08. The predicted molar refractivity (Wildman–Crippen MR) is 107 cm³/mol. The zero-order valence-corrected chi connectivity index (χ0v) is 17.5. The van der Waals surface area contributed by atoms with E-state index in [9.17, 15) is 18.0 Å². The molecule has 2 rings (SSSR count). The van der Waals surface area contributed by atoms with Crippen molar-refractivity contribution in [3.05, 3.63) is 42.0 Å². The molecule has 0 saturated heterocycles. The number of benzene rings is 2. The van der Waals surface area contributed by atoms with Crippen molar-refractivity contribution in [3.8, 4) is 11.5 Å². The van der Waals surface area contributed by atoms with Crippen LogP contribution in [0.15, 0.2) is 41.3 Å². The van der Waals surface area contributed by atoms with E-state index >= 15 is 0 Å². The van der Waals surface area contributed by atoms with Gasteiger partial charge in [0, 0.05) is 31.8 Å². The van der Waals surface area contributed by atoms with Gasteiger partial charge in [0.1, 0.15) is 0 Å². The van der Waals surface area contributed by atoms with Crippen molar-refractivity contribution in [2.75, 3.05) is 38.0 Å². The highest BCUT2D eigenvalue weighted by atomic mass is 32.2. The molecule has 0 unspecified atom stereocenters. The fraction of sp³-hybridized carbons (Fsp3) is 0.263. The summed E-state index contributed by atoms with van der Waals surface area (Å²) in [6.45, 7) is 1.35. The normalized spacial score (nSPS) is 10.8. The van der Waals surface area contributed by atoms with Crippen molar-refractivity contribution in [3.63, 3.8) is 0 Å². The maximum absolute atomic E-state index is 13.1. The second-order valence-corrected chi connectivity index (χ2v) is 7.86. The number of methoxy groups -OCH3 is 3. The molecule has 0 bridgehead atoms. The van der Waals surface area contributed by atoms with E-state index in [-0.39, 0.29) is 33.6 Å².